The molecule has 84 heavy (non-hydrogen) atoms. The Kier molecular flexibility index (Phi) is 24.5. The molecular weight excluding hydrogens is 1100 g/mol. The molecule has 0 saturated carbocycles. The molecule has 0 aliphatic carbocycles. The Morgan fingerprint density at radius 1 is 0.679 bits per heavy atom. The molecule has 4 aromatic heterocycles. The number of nitrogens with one attached hydrogen (secondary N) is 2. The van der Waals surface area contributed by atoms with Crippen LogP contribution in [0.4, 0.5) is 37.1 Å². The zero-order valence-corrected chi connectivity index (χ0v) is 49.6. The first kappa shape index (κ1) is 65.2. The van der Waals surface area contributed by atoms with E-state index in [0.717, 1.165) is 66.4 Å². The van der Waals surface area contributed by atoms with Crippen LogP contribution in [0.1, 0.15) is 13.3 Å². The van der Waals surface area contributed by atoms with Gasteiger partial charge in [-0.1, -0.05) is 31.2 Å². The minimum atomic E-state index is -1.00. The molecule has 0 unspecified atom stereocenters. The zero-order valence-electron chi connectivity index (χ0n) is 48.9. The van der Waals surface area contributed by atoms with Crippen LogP contribution in [0.15, 0.2) is 103 Å². The van der Waals surface area contributed by atoms with Crippen molar-refractivity contribution in [2.24, 2.45) is 33.2 Å². The molecule has 0 bridgehead atoms. The first-order chi connectivity index (χ1) is 40.3. The van der Waals surface area contributed by atoms with Crippen molar-refractivity contribution >= 4 is 120 Å². The van der Waals surface area contributed by atoms with E-state index in [1.54, 1.807) is 74.8 Å². The normalized spacial score (nSPS) is 13.2. The molecule has 0 atom stereocenters. The number of benzene rings is 4. The fourth-order valence-corrected chi connectivity index (χ4v) is 8.78. The molecule has 28 heteroatoms. The second-order valence-electron chi connectivity index (χ2n) is 18.9. The molecular formula is C56H73ClN18O9. The van der Waals surface area contributed by atoms with Gasteiger partial charge in [0.25, 0.3) is 0 Å². The van der Waals surface area contributed by atoms with Crippen LogP contribution < -0.4 is 31.1 Å². The average molecular weight is 1180 g/mol. The maximum atomic E-state index is 12.6. The minimum absolute atomic E-state index is 0.0312. The van der Waals surface area contributed by atoms with E-state index < -0.39 is 5.97 Å². The number of likely N-dealkylation sites (N-methyl/N-ethyl adjacent to an activating group) is 1. The Labute approximate surface area is 490 Å². The van der Waals surface area contributed by atoms with Gasteiger partial charge in [-0.25, -0.2) is 24.2 Å². The number of aryl methyl sites for hydroxylation is 4. The summed E-state index contributed by atoms with van der Waals surface area (Å²) in [6, 6.07) is 22.7. The molecule has 3 fully saturated rings. The Morgan fingerprint density at radius 2 is 1.08 bits per heavy atom. The number of carboxylic acid groups (broad SMARTS) is 1. The summed E-state index contributed by atoms with van der Waals surface area (Å²) in [7, 11) is 16.0. The molecule has 0 radical (unpaired) electrons. The van der Waals surface area contributed by atoms with Gasteiger partial charge < -0.3 is 40.9 Å². The van der Waals surface area contributed by atoms with E-state index in [1.165, 1.54) is 23.0 Å². The predicted octanol–water partition coefficient (Wildman–Crippen LogP) is 5.03. The Hall–Kier alpha value is -9.59. The lowest BCUT2D eigenvalue weighted by atomic mass is 10.2. The number of ether oxygens (including phenoxy) is 1. The highest BCUT2D eigenvalue weighted by Crippen LogP contribution is 2.31. The van der Waals surface area contributed by atoms with E-state index in [0.29, 0.717) is 58.1 Å². The molecule has 3 aliphatic heterocycles. The summed E-state index contributed by atoms with van der Waals surface area (Å²) in [5, 5.41) is 35.0. The summed E-state index contributed by atoms with van der Waals surface area (Å²) in [5.74, 6) is -0.834. The minimum Gasteiger partial charge on any atom is -0.480 e. The topological polar surface area (TPSA) is 302 Å². The monoisotopic (exact) mass is 1180 g/mol. The van der Waals surface area contributed by atoms with Crippen molar-refractivity contribution < 1.29 is 43.4 Å². The van der Waals surface area contributed by atoms with Crippen LogP contribution in [0.5, 0.6) is 0 Å². The quantitative estimate of drug-likeness (QED) is 0.0459. The highest BCUT2D eigenvalue weighted by molar-refractivity contribution is 6.18. The van der Waals surface area contributed by atoms with Gasteiger partial charge in [0.1, 0.15) is 13.1 Å². The zero-order chi connectivity index (χ0) is 61.6. The number of nitrogen functional groups attached to an aromatic ring is 1. The number of halogens is 1. The van der Waals surface area contributed by atoms with E-state index in [-0.39, 0.29) is 43.1 Å². The molecule has 3 saturated heterocycles. The largest absolute Gasteiger partial charge is 0.480 e. The summed E-state index contributed by atoms with van der Waals surface area (Å²) in [4.78, 5) is 90.8. The SMILES string of the molecule is CCC(=O)OC.CN(C)C(=O)CN1CCN(c2cccc3c2cnn3C)C1=O.CNC.Cn1ncc2c(N)cccc21.Cn1ncc2c(N3CCN(CC(=O)O)C3=O)cccc21.Cn1ncc2c(N3CCNC3=O)cccc21.O=C=NCCCl. The fraction of sp³-hybridized carbons (Fsp3) is 0.375. The van der Waals surface area contributed by atoms with Crippen LogP contribution in [0.25, 0.3) is 43.6 Å². The van der Waals surface area contributed by atoms with Gasteiger partial charge in [-0.3, -0.25) is 47.8 Å². The molecule has 3 aliphatic rings. The van der Waals surface area contributed by atoms with Gasteiger partial charge in [0, 0.05) is 121 Å². The first-order valence-corrected chi connectivity index (χ1v) is 27.0. The van der Waals surface area contributed by atoms with Crippen LogP contribution in [0.3, 0.4) is 0 Å². The summed E-state index contributed by atoms with van der Waals surface area (Å²) >= 11 is 5.11. The molecule has 11 rings (SSSR count). The van der Waals surface area contributed by atoms with Crippen molar-refractivity contribution in [3.63, 3.8) is 0 Å². The number of aliphatic imine (C=N–C) groups is 1. The van der Waals surface area contributed by atoms with Crippen molar-refractivity contribution in [1.29, 1.82) is 0 Å². The Bertz CT molecular complexity index is 3580. The standard InChI is InChI=1S/C15H19N5O2.C13H14N4O3.C11H12N4O.C8H9N3.C4H8O2.C3H4ClNO.C2H7N/c1-17(2)14(21)10-19-7-8-20(15(19)22)13-6-4-5-12-11(13)9-16-18(12)3;1-15-10-3-2-4-11(9(10)7-14-15)17-6-5-16(13(17)20)8-12(18)19;1-14-9-3-2-4-10(8(9)7-13-14)15-6-5-12-11(15)16;1-11-8-4-2-3-7(9)6(8)5-10-11;1-3-4(5)6-2;4-1-2-5-3-6;1-3-2/h4-6,9H,7-8,10H2,1-3H3;2-4,7H,5-6,8H2,1H3,(H,18,19);2-4,7H,5-6H2,1H3,(H,12,16);2-5H,9H2,1H3;3H2,1-2H3;1-2H2;3H,1-2H3. The molecule has 448 valence electrons. The number of carboxylic acids is 1. The van der Waals surface area contributed by atoms with Gasteiger partial charge >= 0.3 is 30.0 Å². The van der Waals surface area contributed by atoms with Gasteiger partial charge in [0.15, 0.2) is 0 Å². The third kappa shape index (κ3) is 16.5. The van der Waals surface area contributed by atoms with E-state index in [2.05, 4.69) is 40.8 Å². The molecule has 4 aromatic carbocycles. The number of aliphatic carboxylic acids is 1. The Morgan fingerprint density at radius 3 is 1.42 bits per heavy atom. The molecule has 7 heterocycles. The van der Waals surface area contributed by atoms with E-state index in [9.17, 15) is 33.6 Å². The van der Waals surface area contributed by atoms with E-state index in [4.69, 9.17) is 22.4 Å². The summed E-state index contributed by atoms with van der Waals surface area (Å²) in [6.45, 7) is 5.44. The van der Waals surface area contributed by atoms with Crippen LogP contribution in [-0.4, -0.2) is 201 Å². The highest BCUT2D eigenvalue weighted by atomic mass is 35.5. The number of rotatable bonds is 10. The smallest absolute Gasteiger partial charge is 0.325 e. The van der Waals surface area contributed by atoms with Crippen molar-refractivity contribution in [3.05, 3.63) is 97.6 Å². The molecule has 27 nitrogen and oxygen atoms in total. The fourth-order valence-electron chi connectivity index (χ4n) is 8.70. The van der Waals surface area contributed by atoms with Crippen molar-refractivity contribution in [1.82, 2.24) is 64.5 Å². The summed E-state index contributed by atoms with van der Waals surface area (Å²) < 4.78 is 11.4. The highest BCUT2D eigenvalue weighted by Gasteiger charge is 2.33. The lowest BCUT2D eigenvalue weighted by molar-refractivity contribution is -0.140. The second kappa shape index (κ2) is 31.6. The number of hydrogen-bond donors (Lipinski definition) is 4. The summed E-state index contributed by atoms with van der Waals surface area (Å²) in [5.41, 5.74) is 13.1. The third-order valence-electron chi connectivity index (χ3n) is 13.0. The maximum absolute atomic E-state index is 12.6. The number of fused-ring (bicyclic) bond motifs is 4. The second-order valence-corrected chi connectivity index (χ2v) is 19.2. The van der Waals surface area contributed by atoms with Crippen LogP contribution in [0.2, 0.25) is 0 Å². The number of alkyl halides is 1. The van der Waals surface area contributed by atoms with E-state index in [1.807, 2.05) is 124 Å². The van der Waals surface area contributed by atoms with E-state index >= 15 is 0 Å². The summed E-state index contributed by atoms with van der Waals surface area (Å²) in [6.07, 6.45) is 8.90. The number of aromatic nitrogens is 8. The third-order valence-corrected chi connectivity index (χ3v) is 13.1. The molecule has 8 aromatic rings. The lowest BCUT2D eigenvalue weighted by Crippen LogP contribution is -2.39. The van der Waals surface area contributed by atoms with Crippen molar-refractivity contribution in [2.45, 2.75) is 13.3 Å². The number of carbonyl (C=O) groups is 6. The van der Waals surface area contributed by atoms with Crippen LogP contribution in [0, 0.1) is 0 Å². The van der Waals surface area contributed by atoms with Gasteiger partial charge in [-0.05, 0) is 62.6 Å². The number of carbonyl (C=O) groups excluding carboxylic acids is 6. The average Bonchev–Trinajstić information content (AvgIpc) is 3.30. The predicted molar refractivity (Wildman–Crippen MR) is 324 cm³/mol. The maximum Gasteiger partial charge on any atom is 0.325 e. The van der Waals surface area contributed by atoms with Gasteiger partial charge in [0.2, 0.25) is 12.0 Å². The number of anilines is 4. The van der Waals surface area contributed by atoms with Gasteiger partial charge in [0.05, 0.1) is 77.6 Å². The lowest BCUT2D eigenvalue weighted by Gasteiger charge is -2.20. The number of methoxy groups -OCH3 is 1. The Balaban J connectivity index is 0.000000193. The number of nitrogens with two attached hydrogens (primary N) is 1. The van der Waals surface area contributed by atoms with Crippen molar-refractivity contribution in [2.75, 3.05) is 121 Å². The number of nitrogens with zero attached hydrogens (tertiary/aromatic N) is 15. The number of isocyanates is 1. The number of amides is 7. The number of esters is 1. The van der Waals surface area contributed by atoms with Gasteiger partial charge in [-0.2, -0.15) is 20.4 Å². The molecule has 7 amide bonds. The number of hydrogen-bond acceptors (Lipinski definition) is 15. The molecule has 5 N–H and O–H groups in total. The van der Waals surface area contributed by atoms with Crippen LogP contribution >= 0.6 is 11.6 Å². The molecule has 0 spiro atoms. The van der Waals surface area contributed by atoms with Crippen LogP contribution in [-0.2, 0) is 52.1 Å². The van der Waals surface area contributed by atoms with Gasteiger partial charge in [-0.15, -0.1) is 11.6 Å². The number of urea groups is 3. The van der Waals surface area contributed by atoms with Crippen molar-refractivity contribution in [3.8, 4) is 0 Å². The first-order valence-electron chi connectivity index (χ1n) is 26.5.